The van der Waals surface area contributed by atoms with Gasteiger partial charge in [-0.05, 0) is 49.4 Å². The molecule has 2 aromatic carbocycles. The van der Waals surface area contributed by atoms with E-state index in [9.17, 15) is 77.3 Å². The van der Waals surface area contributed by atoms with Crippen molar-refractivity contribution in [1.29, 1.82) is 0 Å². The summed E-state index contributed by atoms with van der Waals surface area (Å²) in [7, 11) is 0. The lowest BCUT2D eigenvalue weighted by Crippen LogP contribution is -2.62. The summed E-state index contributed by atoms with van der Waals surface area (Å²) in [4.78, 5) is 196. The number of H-pyrrole nitrogens is 1. The number of para-hydroxylation sites is 1. The molecular formula is C57H74N14O17S2. The average molecular weight is 1290 g/mol. The van der Waals surface area contributed by atoms with E-state index in [2.05, 4.69) is 76.1 Å². The molecule has 2 saturated heterocycles. The number of hydrogen-bond donors (Lipinski definition) is 15. The maximum absolute atomic E-state index is 15.3. The Labute approximate surface area is 524 Å². The molecule has 2 fully saturated rings. The number of anilines is 1. The molecule has 90 heavy (non-hydrogen) atoms. The SMILES string of the molecule is CC[C@H](C)C1NC(=O)CNC(=O)[C@@H]2Cc3c([nH]c4ccccc34)[S+]([O-])C(NC(=O)CNC1=O)C(=O)N[C@@H](CC(=O)NCc1ccc(NC(=O)[C@H](C)NC(=O)CNC(=O)CCN3C(=O)CC(S)C3=O)cc1)C(=O)N1CCC[C@H]1C(=O)NC([C@@H](C)[C@@H](O)CO)C(=O)N2. The van der Waals surface area contributed by atoms with Crippen molar-refractivity contribution in [2.45, 2.75) is 137 Å². The first-order valence-electron chi connectivity index (χ1n) is 29.2. The summed E-state index contributed by atoms with van der Waals surface area (Å²) in [6.45, 7) is 2.62. The monoisotopic (exact) mass is 1290 g/mol. The van der Waals surface area contributed by atoms with Crippen molar-refractivity contribution < 1.29 is 81.9 Å². The lowest BCUT2D eigenvalue weighted by molar-refractivity contribution is -0.144. The van der Waals surface area contributed by atoms with E-state index in [4.69, 9.17) is 0 Å². The van der Waals surface area contributed by atoms with Gasteiger partial charge in [0.15, 0.2) is 0 Å². The molecule has 0 spiro atoms. The minimum Gasteiger partial charge on any atom is -0.608 e. The molecule has 5 unspecified atom stereocenters. The van der Waals surface area contributed by atoms with Crippen LogP contribution in [0.5, 0.6) is 0 Å². The van der Waals surface area contributed by atoms with Crippen molar-refractivity contribution in [2.24, 2.45) is 11.8 Å². The Bertz CT molecular complexity index is 3280. The predicted octanol–water partition coefficient (Wildman–Crippen LogP) is -4.80. The number of aliphatic hydroxyl groups is 2. The first kappa shape index (κ1) is 68.8. The Balaban J connectivity index is 1.14. The molecular weight excluding hydrogens is 1220 g/mol. The van der Waals surface area contributed by atoms with Gasteiger partial charge >= 0.3 is 0 Å². The molecule has 5 heterocycles. The van der Waals surface area contributed by atoms with Crippen molar-refractivity contribution in [2.75, 3.05) is 44.6 Å². The molecule has 33 heteroatoms. The molecule has 4 aliphatic heterocycles. The van der Waals surface area contributed by atoms with E-state index >= 15 is 4.55 Å². The second kappa shape index (κ2) is 31.2. The van der Waals surface area contributed by atoms with Crippen LogP contribution in [-0.4, -0.2) is 205 Å². The Morgan fingerprint density at radius 3 is 2.13 bits per heavy atom. The van der Waals surface area contributed by atoms with Gasteiger partial charge in [-0.1, -0.05) is 57.5 Å². The summed E-state index contributed by atoms with van der Waals surface area (Å²) < 4.78 is 15.3. The minimum absolute atomic E-state index is 0.0193. The van der Waals surface area contributed by atoms with Crippen LogP contribution in [-0.2, 0) is 91.3 Å². The number of carbonyl (C=O) groups excluding carboxylic acids is 14. The fraction of sp³-hybridized carbons (Fsp3) is 0.509. The summed E-state index contributed by atoms with van der Waals surface area (Å²) in [5.74, 6) is -13.7. The topological polar surface area (TPSA) is 457 Å². The second-order valence-electron chi connectivity index (χ2n) is 22.3. The zero-order valence-corrected chi connectivity index (χ0v) is 51.3. The number of rotatable bonds is 17. The second-order valence-corrected chi connectivity index (χ2v) is 24.4. The summed E-state index contributed by atoms with van der Waals surface area (Å²) in [6.07, 6.45) is -2.85. The Kier molecular flexibility index (Phi) is 23.8. The third kappa shape index (κ3) is 17.4. The number of imide groups is 1. The van der Waals surface area contributed by atoms with Crippen molar-refractivity contribution >= 4 is 123 Å². The number of aromatic amines is 1. The van der Waals surface area contributed by atoms with Gasteiger partial charge in [0.2, 0.25) is 81.8 Å². The van der Waals surface area contributed by atoms with E-state index in [1.165, 1.54) is 38.1 Å². The number of aromatic nitrogens is 1. The molecule has 2 bridgehead atoms. The average Bonchev–Trinajstić information content (AvgIpc) is 1.74. The molecule has 0 saturated carbocycles. The van der Waals surface area contributed by atoms with Crippen LogP contribution < -0.4 is 58.5 Å². The fourth-order valence-electron chi connectivity index (χ4n) is 10.4. The van der Waals surface area contributed by atoms with E-state index in [0.29, 0.717) is 22.9 Å². The number of aliphatic hydroxyl groups excluding tert-OH is 2. The number of nitrogens with one attached hydrogen (secondary N) is 12. The highest BCUT2D eigenvalue weighted by Crippen LogP contribution is 2.31. The number of carbonyl (C=O) groups is 14. The molecule has 14 amide bonds. The van der Waals surface area contributed by atoms with Gasteiger partial charge in [0.05, 0.1) is 44.0 Å². The van der Waals surface area contributed by atoms with Gasteiger partial charge in [-0.25, -0.2) is 0 Å². The quantitative estimate of drug-likeness (QED) is 0.0343. The normalized spacial score (nSPS) is 24.6. The van der Waals surface area contributed by atoms with Crippen molar-refractivity contribution in [3.63, 3.8) is 0 Å². The van der Waals surface area contributed by atoms with Gasteiger partial charge in [-0.3, -0.25) is 72.0 Å². The Morgan fingerprint density at radius 1 is 0.767 bits per heavy atom. The first-order chi connectivity index (χ1) is 42.8. The molecule has 14 N–H and O–H groups in total. The lowest BCUT2D eigenvalue weighted by atomic mass is 9.94. The highest BCUT2D eigenvalue weighted by atomic mass is 32.2. The Hall–Kier alpha value is -8.66. The Morgan fingerprint density at radius 2 is 1.46 bits per heavy atom. The molecule has 1 aromatic heterocycles. The van der Waals surface area contributed by atoms with E-state index in [1.807, 2.05) is 0 Å². The number of hydrogen-bond acceptors (Lipinski definition) is 18. The van der Waals surface area contributed by atoms with E-state index in [1.54, 1.807) is 38.1 Å². The summed E-state index contributed by atoms with van der Waals surface area (Å²) in [5, 5.41) is 45.7. The third-order valence-electron chi connectivity index (χ3n) is 15.9. The van der Waals surface area contributed by atoms with Crippen LogP contribution in [0.2, 0.25) is 0 Å². The van der Waals surface area contributed by atoms with E-state index in [0.717, 1.165) is 9.80 Å². The van der Waals surface area contributed by atoms with Gasteiger partial charge in [0.25, 0.3) is 11.3 Å². The molecule has 0 aliphatic carbocycles. The summed E-state index contributed by atoms with van der Waals surface area (Å²) in [5.41, 5.74) is 1.07. The van der Waals surface area contributed by atoms with Crippen LogP contribution in [0, 0.1) is 11.8 Å². The van der Waals surface area contributed by atoms with Crippen molar-refractivity contribution in [1.82, 2.24) is 68.0 Å². The van der Waals surface area contributed by atoms with Gasteiger partial charge in [-0.2, -0.15) is 12.6 Å². The van der Waals surface area contributed by atoms with Gasteiger partial charge in [0.1, 0.15) is 36.3 Å². The molecule has 31 nitrogen and oxygen atoms in total. The number of likely N-dealkylation sites (tertiary alicyclic amines) is 1. The van der Waals surface area contributed by atoms with Gasteiger partial charge < -0.3 is 83.1 Å². The summed E-state index contributed by atoms with van der Waals surface area (Å²) >= 11 is 1.29. The van der Waals surface area contributed by atoms with Crippen LogP contribution in [0.1, 0.15) is 77.3 Å². The van der Waals surface area contributed by atoms with Crippen LogP contribution in [0.15, 0.2) is 53.6 Å². The number of fused-ring (bicyclic) bond motifs is 4. The first-order valence-corrected chi connectivity index (χ1v) is 30.9. The largest absolute Gasteiger partial charge is 0.608 e. The number of nitrogens with zero attached hydrogens (tertiary/aromatic N) is 2. The van der Waals surface area contributed by atoms with E-state index in [-0.39, 0.29) is 61.6 Å². The molecule has 7 rings (SSSR count). The number of thiol groups is 1. The standard InChI is InChI=1S/C57H74N14O17S2/c1-5-27(2)46-51(83)61-25-44(78)68-55-53(85)65-36(20-41(75)58-22-30-12-14-31(15-13-30)63-48(80)29(4)62-42(76)23-59-40(74)16-18-71-45(79)21-39(89)57(71)87)56(86)70-17-8-11-37(70)50(82)69-47(28(3)38(73)26-72)52(84)64-35(49(81)60-24-43(77)67-46)19-33-32-9-6-7-10-34(32)66-54(33)90(55)88/h6-7,9-10,12-15,27-29,35-39,46-47,55,66,72-73,89H,5,8,11,16-26H2,1-4H3,(H,58,75)(H,59,74)(H,60,81)(H,61,83)(H,62,76)(H,63,80)(H,64,84)(H,65,85)(H,67,77)(H,68,78)(H,69,82)/t27-,28-,29-,35-,36-,37-,38-,39?,46?,47?,55?,90?/m0/s1. The van der Waals surface area contributed by atoms with Crippen molar-refractivity contribution in [3.8, 4) is 0 Å². The maximum Gasteiger partial charge on any atom is 0.295 e. The van der Waals surface area contributed by atoms with Crippen LogP contribution in [0.3, 0.4) is 0 Å². The fourth-order valence-corrected chi connectivity index (χ4v) is 12.1. The predicted molar refractivity (Wildman–Crippen MR) is 321 cm³/mol. The highest BCUT2D eigenvalue weighted by molar-refractivity contribution is 7.92. The van der Waals surface area contributed by atoms with Crippen molar-refractivity contribution in [3.05, 3.63) is 59.7 Å². The minimum atomic E-state index is -2.75. The third-order valence-corrected chi connectivity index (χ3v) is 17.8. The number of amides is 14. The summed E-state index contributed by atoms with van der Waals surface area (Å²) in [6, 6.07) is 3.30. The van der Waals surface area contributed by atoms with E-state index < -0.39 is 198 Å². The lowest BCUT2D eigenvalue weighted by Gasteiger charge is -2.32. The zero-order chi connectivity index (χ0) is 65.7. The van der Waals surface area contributed by atoms with Crippen LogP contribution in [0.25, 0.3) is 10.9 Å². The molecule has 3 aromatic rings. The van der Waals surface area contributed by atoms with Crippen LogP contribution >= 0.6 is 12.6 Å². The number of benzene rings is 2. The maximum atomic E-state index is 15.3. The zero-order valence-electron chi connectivity index (χ0n) is 49.6. The van der Waals surface area contributed by atoms with Crippen LogP contribution in [0.4, 0.5) is 5.69 Å². The molecule has 12 atom stereocenters. The molecule has 0 radical (unpaired) electrons. The highest BCUT2D eigenvalue weighted by Gasteiger charge is 2.46. The van der Waals surface area contributed by atoms with Gasteiger partial charge in [0, 0.05) is 78.1 Å². The van der Waals surface area contributed by atoms with Gasteiger partial charge in [-0.15, -0.1) is 0 Å². The molecule has 486 valence electrons. The smallest absolute Gasteiger partial charge is 0.295 e. The molecule has 4 aliphatic rings.